The van der Waals surface area contributed by atoms with Crippen LogP contribution in [0.25, 0.3) is 0 Å². The Morgan fingerprint density at radius 2 is 1.61 bits per heavy atom. The van der Waals surface area contributed by atoms with E-state index >= 15 is 0 Å². The van der Waals surface area contributed by atoms with Crippen LogP contribution in [0.1, 0.15) is 22.8 Å². The van der Waals surface area contributed by atoms with Crippen LogP contribution >= 0.6 is 0 Å². The minimum absolute atomic E-state index is 0.114. The second-order valence-electron chi connectivity index (χ2n) is 7.56. The van der Waals surface area contributed by atoms with Gasteiger partial charge in [-0.2, -0.15) is 13.2 Å². The third kappa shape index (κ3) is 4.68. The Bertz CT molecular complexity index is 997. The van der Waals surface area contributed by atoms with Gasteiger partial charge in [0, 0.05) is 30.2 Å². The molecule has 0 unspecified atom stereocenters. The summed E-state index contributed by atoms with van der Waals surface area (Å²) < 4.78 is 37.7. The molecule has 0 saturated heterocycles. The van der Waals surface area contributed by atoms with Gasteiger partial charge >= 0.3 is 6.18 Å². The van der Waals surface area contributed by atoms with Gasteiger partial charge in [-0.05, 0) is 29.8 Å². The molecule has 1 fully saturated rings. The molecule has 31 heavy (non-hydrogen) atoms. The summed E-state index contributed by atoms with van der Waals surface area (Å²) in [7, 11) is 0. The number of hydrogen-bond donors (Lipinski definition) is 3. The monoisotopic (exact) mass is 434 g/mol. The van der Waals surface area contributed by atoms with Gasteiger partial charge in [0.25, 0.3) is 0 Å². The van der Waals surface area contributed by atoms with Crippen LogP contribution in [0.5, 0.6) is 0 Å². The highest BCUT2D eigenvalue weighted by atomic mass is 19.4. The van der Waals surface area contributed by atoms with Crippen molar-refractivity contribution in [2.75, 3.05) is 12.3 Å². The lowest BCUT2D eigenvalue weighted by Crippen LogP contribution is -2.36. The number of benzene rings is 1. The van der Waals surface area contributed by atoms with Crippen molar-refractivity contribution < 1.29 is 27.6 Å². The van der Waals surface area contributed by atoms with Gasteiger partial charge in [-0.25, -0.2) is 0 Å². The van der Waals surface area contributed by atoms with Gasteiger partial charge in [0.2, 0.25) is 11.8 Å². The molecule has 1 aliphatic carbocycles. The van der Waals surface area contributed by atoms with Gasteiger partial charge < -0.3 is 16.4 Å². The molecule has 164 valence electrons. The molecule has 1 aliphatic rings. The van der Waals surface area contributed by atoms with E-state index in [9.17, 15) is 27.6 Å². The predicted octanol–water partition coefficient (Wildman–Crippen LogP) is 2.09. The van der Waals surface area contributed by atoms with E-state index in [4.69, 9.17) is 5.73 Å². The molecule has 0 radical (unpaired) electrons. The molecule has 0 aliphatic heterocycles. The lowest BCUT2D eigenvalue weighted by molar-refractivity contribution is -0.140. The number of nitrogens with two attached hydrogens (primary N) is 1. The second kappa shape index (κ2) is 8.37. The van der Waals surface area contributed by atoms with Crippen molar-refractivity contribution in [3.8, 4) is 0 Å². The average molecular weight is 434 g/mol. The van der Waals surface area contributed by atoms with Gasteiger partial charge in [0.05, 0.1) is 17.3 Å². The van der Waals surface area contributed by atoms with Crippen LogP contribution in [0, 0.1) is 17.3 Å². The number of Topliss-reactive ketones (excluding diaryl/α,β-unsaturated/α-hetero) is 1. The van der Waals surface area contributed by atoms with Crippen LogP contribution in [0.2, 0.25) is 0 Å². The van der Waals surface area contributed by atoms with Crippen LogP contribution in [-0.4, -0.2) is 35.3 Å². The number of aromatic nitrogens is 1. The predicted molar refractivity (Wildman–Crippen MR) is 105 cm³/mol. The number of nitrogen functional groups attached to an aromatic ring is 1. The lowest BCUT2D eigenvalue weighted by atomic mass is 9.91. The fourth-order valence-corrected chi connectivity index (χ4v) is 3.73. The van der Waals surface area contributed by atoms with E-state index in [0.717, 1.165) is 5.56 Å². The number of amides is 2. The van der Waals surface area contributed by atoms with Crippen molar-refractivity contribution in [3.63, 3.8) is 0 Å². The summed E-state index contributed by atoms with van der Waals surface area (Å²) in [5, 5.41) is 4.43. The Morgan fingerprint density at radius 3 is 2.19 bits per heavy atom. The van der Waals surface area contributed by atoms with Gasteiger partial charge in [-0.15, -0.1) is 0 Å². The van der Waals surface area contributed by atoms with Crippen molar-refractivity contribution in [2.45, 2.75) is 19.6 Å². The summed E-state index contributed by atoms with van der Waals surface area (Å²) in [5.74, 6) is -4.56. The molecule has 2 aromatic rings. The number of hydrogen-bond acceptors (Lipinski definition) is 5. The number of pyridine rings is 1. The Balaban J connectivity index is 1.82. The third-order valence-corrected chi connectivity index (χ3v) is 5.46. The number of para-hydroxylation sites is 1. The molecule has 1 heterocycles. The van der Waals surface area contributed by atoms with E-state index in [-0.39, 0.29) is 17.8 Å². The van der Waals surface area contributed by atoms with Crippen molar-refractivity contribution in [1.82, 2.24) is 15.6 Å². The first-order chi connectivity index (χ1) is 14.6. The van der Waals surface area contributed by atoms with Gasteiger partial charge in [-0.1, -0.05) is 19.1 Å². The lowest BCUT2D eigenvalue weighted by Gasteiger charge is -2.13. The summed E-state index contributed by atoms with van der Waals surface area (Å²) in [6.07, 6.45) is -1.54. The highest BCUT2D eigenvalue weighted by molar-refractivity contribution is 6.13. The quantitative estimate of drug-likeness (QED) is 0.456. The Morgan fingerprint density at radius 1 is 1.03 bits per heavy atom. The maximum absolute atomic E-state index is 13.2. The van der Waals surface area contributed by atoms with Crippen molar-refractivity contribution in [1.29, 1.82) is 0 Å². The average Bonchev–Trinajstić information content (AvgIpc) is 3.37. The molecular formula is C21H21F3N4O3. The number of alkyl halides is 3. The van der Waals surface area contributed by atoms with Crippen molar-refractivity contribution >= 4 is 23.3 Å². The van der Waals surface area contributed by atoms with Gasteiger partial charge in [0.15, 0.2) is 5.78 Å². The highest BCUT2D eigenvalue weighted by Gasteiger charge is 2.72. The first kappa shape index (κ1) is 22.3. The fourth-order valence-electron chi connectivity index (χ4n) is 3.73. The molecule has 3 rings (SSSR count). The molecule has 1 aromatic carbocycles. The van der Waals surface area contributed by atoms with E-state index in [1.807, 2.05) is 0 Å². The summed E-state index contributed by atoms with van der Waals surface area (Å²) in [4.78, 5) is 42.4. The third-order valence-electron chi connectivity index (χ3n) is 5.46. The number of nitrogens with zero attached hydrogens (tertiary/aromatic N) is 1. The molecule has 2 amide bonds. The Labute approximate surface area is 176 Å². The number of halogens is 3. The summed E-state index contributed by atoms with van der Waals surface area (Å²) >= 11 is 0. The topological polar surface area (TPSA) is 114 Å². The summed E-state index contributed by atoms with van der Waals surface area (Å²) in [6.45, 7) is -0.0335. The minimum Gasteiger partial charge on any atom is -0.398 e. The van der Waals surface area contributed by atoms with E-state index in [2.05, 4.69) is 10.3 Å². The normalized spacial score (nSPS) is 22.5. The standard InChI is InChI=1S/C21H21F3N4O3/c1-20(17(29)13-4-2-3-5-14(13)25)15(16(20)19(31)28-11-21(22,23)24)18(30)27-10-12-6-8-26-9-7-12/h2-9,15-16H,10-11,25H2,1H3,(H,27,30)(H,28,31)/t15-,16+,20+/m0/s1. The zero-order valence-electron chi connectivity index (χ0n) is 16.6. The van der Waals surface area contributed by atoms with Gasteiger partial charge in [0.1, 0.15) is 6.54 Å². The SMILES string of the molecule is C[C@@]1(C(=O)c2ccccc2N)[C@H](C(=O)NCc2ccncc2)[C@@H]1C(=O)NCC(F)(F)F. The molecule has 3 atom stereocenters. The number of carbonyl (C=O) groups is 3. The maximum atomic E-state index is 13.2. The van der Waals surface area contributed by atoms with Crippen LogP contribution in [-0.2, 0) is 16.1 Å². The summed E-state index contributed by atoms with van der Waals surface area (Å²) in [6, 6.07) is 9.50. The van der Waals surface area contributed by atoms with Crippen LogP contribution in [0.3, 0.4) is 0 Å². The van der Waals surface area contributed by atoms with Gasteiger partial charge in [-0.3, -0.25) is 19.4 Å². The number of nitrogens with one attached hydrogen (secondary N) is 2. The maximum Gasteiger partial charge on any atom is 0.405 e. The minimum atomic E-state index is -4.62. The van der Waals surface area contributed by atoms with Crippen molar-refractivity contribution in [2.24, 2.45) is 17.3 Å². The van der Waals surface area contributed by atoms with E-state index < -0.39 is 47.6 Å². The van der Waals surface area contributed by atoms with Crippen molar-refractivity contribution in [3.05, 3.63) is 59.9 Å². The zero-order valence-corrected chi connectivity index (χ0v) is 16.6. The molecule has 10 heteroatoms. The molecule has 0 bridgehead atoms. The fraction of sp³-hybridized carbons (Fsp3) is 0.333. The molecule has 1 aromatic heterocycles. The highest BCUT2D eigenvalue weighted by Crippen LogP contribution is 2.60. The van der Waals surface area contributed by atoms with E-state index in [1.165, 1.54) is 31.5 Å². The number of anilines is 1. The molecule has 7 nitrogen and oxygen atoms in total. The smallest absolute Gasteiger partial charge is 0.398 e. The van der Waals surface area contributed by atoms with Crippen LogP contribution in [0.15, 0.2) is 48.8 Å². The first-order valence-corrected chi connectivity index (χ1v) is 9.46. The Kier molecular flexibility index (Phi) is 6.01. The zero-order chi connectivity index (χ0) is 22.8. The second-order valence-corrected chi connectivity index (χ2v) is 7.56. The molecule has 0 spiro atoms. The Hall–Kier alpha value is -3.43. The number of carbonyl (C=O) groups excluding carboxylic acids is 3. The number of rotatable bonds is 7. The van der Waals surface area contributed by atoms with Crippen LogP contribution in [0.4, 0.5) is 18.9 Å². The largest absolute Gasteiger partial charge is 0.405 e. The van der Waals surface area contributed by atoms with E-state index in [0.29, 0.717) is 0 Å². The first-order valence-electron chi connectivity index (χ1n) is 9.46. The van der Waals surface area contributed by atoms with Crippen LogP contribution < -0.4 is 16.4 Å². The summed E-state index contributed by atoms with van der Waals surface area (Å²) in [5.41, 5.74) is 5.35. The number of ketones is 1. The molecular weight excluding hydrogens is 413 g/mol. The van der Waals surface area contributed by atoms with E-state index in [1.54, 1.807) is 29.6 Å². The molecule has 1 saturated carbocycles. The molecule has 4 N–H and O–H groups in total.